The molecule has 4 bridgehead atoms. The number of piperidine rings is 2. The van der Waals surface area contributed by atoms with Crippen molar-refractivity contribution in [2.45, 2.75) is 102 Å². The predicted molar refractivity (Wildman–Crippen MR) is 157 cm³/mol. The molecule has 2 saturated heterocycles. The second-order valence-corrected chi connectivity index (χ2v) is 12.6. The number of fused-ring (bicyclic) bond motifs is 5. The van der Waals surface area contributed by atoms with E-state index in [4.69, 9.17) is 14.3 Å². The van der Waals surface area contributed by atoms with Crippen molar-refractivity contribution in [3.63, 3.8) is 0 Å². The van der Waals surface area contributed by atoms with Crippen LogP contribution in [-0.4, -0.2) is 70.6 Å². The molecule has 4 aliphatic rings. The van der Waals surface area contributed by atoms with Gasteiger partial charge < -0.3 is 18.9 Å². The minimum Gasteiger partial charge on any atom is -0.464 e. The maximum atomic E-state index is 14.2. The number of ether oxygens (including phenoxy) is 2. The van der Waals surface area contributed by atoms with Crippen LogP contribution in [0.1, 0.15) is 89.3 Å². The van der Waals surface area contributed by atoms with Gasteiger partial charge in [0, 0.05) is 31.1 Å². The molecule has 4 unspecified atom stereocenters. The molecular formula is C32H42N4O6. The lowest BCUT2D eigenvalue weighted by atomic mass is 9.68. The third-order valence-corrected chi connectivity index (χ3v) is 9.93. The number of methoxy groups -OCH3 is 1. The number of carbonyl (C=O) groups excluding carboxylic acids is 2. The normalized spacial score (nSPS) is 29.6. The second-order valence-electron chi connectivity index (χ2n) is 12.6. The van der Waals surface area contributed by atoms with Crippen molar-refractivity contribution in [3.8, 4) is 0 Å². The number of para-hydroxylation sites is 2. The van der Waals surface area contributed by atoms with E-state index in [-0.39, 0.29) is 36.2 Å². The van der Waals surface area contributed by atoms with E-state index >= 15 is 0 Å². The van der Waals surface area contributed by atoms with Crippen LogP contribution in [0, 0.1) is 11.8 Å². The first-order valence-corrected chi connectivity index (χ1v) is 15.6. The van der Waals surface area contributed by atoms with Gasteiger partial charge in [0.25, 0.3) is 5.56 Å². The van der Waals surface area contributed by atoms with Crippen LogP contribution in [0.5, 0.6) is 0 Å². The zero-order chi connectivity index (χ0) is 29.2. The number of rotatable bonds is 8. The van der Waals surface area contributed by atoms with Crippen molar-refractivity contribution in [3.05, 3.63) is 40.3 Å². The smallest absolute Gasteiger partial charge is 0.362 e. The zero-order valence-electron chi connectivity index (χ0n) is 24.7. The standard InChI is InChI=1S/C32H42N4O6/c1-20(37)41-13-14-42-34-30(32(39)40-2)29-31(38)36(28-12-4-3-11-27(28)33-29)26-18-23-9-6-10-24(19-26)35(23)25-16-21-7-5-8-22(15-21)17-25/h3-4,11-12,21-26H,5-10,13-19H2,1-2H3. The summed E-state index contributed by atoms with van der Waals surface area (Å²) in [5, 5.41) is 3.94. The maximum Gasteiger partial charge on any atom is 0.362 e. The third-order valence-electron chi connectivity index (χ3n) is 9.93. The van der Waals surface area contributed by atoms with Crippen LogP contribution >= 0.6 is 0 Å². The first-order valence-electron chi connectivity index (χ1n) is 15.6. The van der Waals surface area contributed by atoms with Gasteiger partial charge in [-0.3, -0.25) is 14.5 Å². The van der Waals surface area contributed by atoms with E-state index in [0.29, 0.717) is 23.6 Å². The van der Waals surface area contributed by atoms with E-state index in [0.717, 1.165) is 43.0 Å². The molecule has 6 rings (SSSR count). The molecule has 2 aliphatic heterocycles. The van der Waals surface area contributed by atoms with E-state index in [2.05, 4.69) is 15.0 Å². The Balaban J connectivity index is 1.32. The highest BCUT2D eigenvalue weighted by Crippen LogP contribution is 2.47. The van der Waals surface area contributed by atoms with Gasteiger partial charge in [-0.15, -0.1) is 0 Å². The first kappa shape index (κ1) is 28.8. The molecule has 10 nitrogen and oxygen atoms in total. The largest absolute Gasteiger partial charge is 0.464 e. The molecule has 10 heteroatoms. The van der Waals surface area contributed by atoms with E-state index in [1.165, 1.54) is 59.0 Å². The number of benzene rings is 1. The number of esters is 2. The van der Waals surface area contributed by atoms with Crippen molar-refractivity contribution in [2.24, 2.45) is 17.0 Å². The molecule has 2 aliphatic carbocycles. The lowest BCUT2D eigenvalue weighted by Crippen LogP contribution is -2.58. The van der Waals surface area contributed by atoms with Crippen molar-refractivity contribution < 1.29 is 23.9 Å². The predicted octanol–water partition coefficient (Wildman–Crippen LogP) is 4.38. The molecule has 2 saturated carbocycles. The Morgan fingerprint density at radius 3 is 2.29 bits per heavy atom. The van der Waals surface area contributed by atoms with Crippen molar-refractivity contribution >= 4 is 28.7 Å². The molecule has 4 atom stereocenters. The summed E-state index contributed by atoms with van der Waals surface area (Å²) in [6.07, 6.45) is 13.6. The Kier molecular flexibility index (Phi) is 8.60. The highest BCUT2D eigenvalue weighted by Gasteiger charge is 2.45. The van der Waals surface area contributed by atoms with Crippen LogP contribution < -0.4 is 5.56 Å². The van der Waals surface area contributed by atoms with Gasteiger partial charge in [-0.1, -0.05) is 43.0 Å². The number of aromatic nitrogens is 2. The van der Waals surface area contributed by atoms with E-state index in [1.54, 1.807) is 0 Å². The minimum atomic E-state index is -0.816. The summed E-state index contributed by atoms with van der Waals surface area (Å²) in [6, 6.07) is 9.12. The van der Waals surface area contributed by atoms with Gasteiger partial charge in [-0.05, 0) is 68.9 Å². The Morgan fingerprint density at radius 1 is 0.905 bits per heavy atom. The highest BCUT2D eigenvalue weighted by atomic mass is 16.6. The highest BCUT2D eigenvalue weighted by molar-refractivity contribution is 6.42. The maximum absolute atomic E-state index is 14.2. The average molecular weight is 579 g/mol. The van der Waals surface area contributed by atoms with Gasteiger partial charge in [-0.25, -0.2) is 9.78 Å². The van der Waals surface area contributed by atoms with Gasteiger partial charge in [0.1, 0.15) is 6.61 Å². The van der Waals surface area contributed by atoms with Crippen molar-refractivity contribution in [2.75, 3.05) is 20.3 Å². The summed E-state index contributed by atoms with van der Waals surface area (Å²) < 4.78 is 11.7. The Bertz CT molecular complexity index is 1380. The molecule has 4 fully saturated rings. The fraction of sp³-hybridized carbons (Fsp3) is 0.656. The van der Waals surface area contributed by atoms with E-state index in [9.17, 15) is 14.4 Å². The summed E-state index contributed by atoms with van der Waals surface area (Å²) in [7, 11) is 1.23. The fourth-order valence-corrected chi connectivity index (χ4v) is 8.41. The van der Waals surface area contributed by atoms with Crippen LogP contribution in [0.25, 0.3) is 11.0 Å². The quantitative estimate of drug-likeness (QED) is 0.196. The van der Waals surface area contributed by atoms with Gasteiger partial charge in [0.2, 0.25) is 5.71 Å². The molecule has 0 N–H and O–H groups in total. The molecule has 2 aromatic rings. The minimum absolute atomic E-state index is 0.0115. The van der Waals surface area contributed by atoms with Gasteiger partial charge in [0.05, 0.1) is 18.1 Å². The van der Waals surface area contributed by atoms with E-state index < -0.39 is 11.9 Å². The summed E-state index contributed by atoms with van der Waals surface area (Å²) in [5.74, 6) is 0.491. The number of hydrogen-bond acceptors (Lipinski definition) is 9. The first-order chi connectivity index (χ1) is 20.4. The topological polar surface area (TPSA) is 112 Å². The molecule has 1 aromatic carbocycles. The number of hydrogen-bond donors (Lipinski definition) is 0. The van der Waals surface area contributed by atoms with Crippen molar-refractivity contribution in [1.82, 2.24) is 14.5 Å². The van der Waals surface area contributed by atoms with Gasteiger partial charge in [-0.2, -0.15) is 0 Å². The molecule has 3 heterocycles. The van der Waals surface area contributed by atoms with E-state index in [1.807, 2.05) is 28.8 Å². The number of oxime groups is 1. The van der Waals surface area contributed by atoms with Crippen LogP contribution in [0.15, 0.2) is 34.2 Å². The zero-order valence-corrected chi connectivity index (χ0v) is 24.7. The molecular weight excluding hydrogens is 536 g/mol. The lowest BCUT2D eigenvalue weighted by molar-refractivity contribution is -0.142. The molecule has 42 heavy (non-hydrogen) atoms. The van der Waals surface area contributed by atoms with Crippen molar-refractivity contribution in [1.29, 1.82) is 0 Å². The summed E-state index contributed by atoms with van der Waals surface area (Å²) in [5.41, 5.74) is 0.605. The van der Waals surface area contributed by atoms with Crippen LogP contribution in [0.3, 0.4) is 0 Å². The molecule has 0 amide bonds. The average Bonchev–Trinajstić information content (AvgIpc) is 2.97. The fourth-order valence-electron chi connectivity index (χ4n) is 8.41. The van der Waals surface area contributed by atoms with Crippen LogP contribution in [0.4, 0.5) is 0 Å². The van der Waals surface area contributed by atoms with Crippen LogP contribution in [0.2, 0.25) is 0 Å². The van der Waals surface area contributed by atoms with Gasteiger partial charge >= 0.3 is 11.9 Å². The second kappa shape index (κ2) is 12.5. The third kappa shape index (κ3) is 5.82. The Hall–Kier alpha value is -3.27. The van der Waals surface area contributed by atoms with Gasteiger partial charge in [0.15, 0.2) is 12.3 Å². The number of nitrogens with zero attached hydrogens (tertiary/aromatic N) is 4. The Morgan fingerprint density at radius 2 is 1.60 bits per heavy atom. The SMILES string of the molecule is COC(=O)C(=NOCCOC(C)=O)c1nc2ccccc2n(C2CC3CCCC(C2)N3C2CC3CCCC(C3)C2)c1=O. The summed E-state index contributed by atoms with van der Waals surface area (Å²) >= 11 is 0. The summed E-state index contributed by atoms with van der Waals surface area (Å²) in [4.78, 5) is 50.8. The monoisotopic (exact) mass is 578 g/mol. The number of carbonyl (C=O) groups is 2. The Labute approximate surface area is 246 Å². The molecule has 0 spiro atoms. The molecule has 1 aromatic heterocycles. The van der Waals surface area contributed by atoms with Crippen LogP contribution in [-0.2, 0) is 23.9 Å². The molecule has 226 valence electrons. The molecule has 0 radical (unpaired) electrons. The lowest BCUT2D eigenvalue weighted by Gasteiger charge is -2.55. The summed E-state index contributed by atoms with van der Waals surface area (Å²) in [6.45, 7) is 1.18.